The van der Waals surface area contributed by atoms with Crippen LogP contribution in [0.2, 0.25) is 0 Å². The van der Waals surface area contributed by atoms with Crippen molar-refractivity contribution in [3.63, 3.8) is 0 Å². The molecule has 0 aliphatic carbocycles. The second-order valence-electron chi connectivity index (χ2n) is 10.7. The molecule has 9 nitrogen and oxygen atoms in total. The first-order chi connectivity index (χ1) is 18.2. The number of aliphatic hydroxyl groups excluding tert-OH is 1. The molecule has 0 saturated carbocycles. The van der Waals surface area contributed by atoms with Crippen LogP contribution in [0, 0.1) is 5.82 Å². The van der Waals surface area contributed by atoms with Gasteiger partial charge < -0.3 is 24.5 Å². The number of ether oxygens (including phenoxy) is 2. The molecule has 0 bridgehead atoms. The number of aromatic nitrogens is 3. The third kappa shape index (κ3) is 5.31. The molecule has 0 unspecified atom stereocenters. The molecule has 0 radical (unpaired) electrons. The van der Waals surface area contributed by atoms with E-state index in [0.717, 1.165) is 17.4 Å². The zero-order valence-electron chi connectivity index (χ0n) is 22.4. The lowest BCUT2D eigenvalue weighted by molar-refractivity contribution is -0.0420. The lowest BCUT2D eigenvalue weighted by Crippen LogP contribution is -2.49. The third-order valence-electron chi connectivity index (χ3n) is 7.50. The Morgan fingerprint density at radius 1 is 1.16 bits per heavy atom. The number of nitrogens with one attached hydrogen (secondary N) is 1. The van der Waals surface area contributed by atoms with Crippen LogP contribution in [-0.2, 0) is 16.0 Å². The Balaban J connectivity index is 1.55. The number of morpholine rings is 1. The van der Waals surface area contributed by atoms with Crippen LogP contribution in [0.25, 0.3) is 22.2 Å². The lowest BCUT2D eigenvalue weighted by atomic mass is 10.0. The maximum Gasteiger partial charge on any atom is 0.223 e. The molecule has 3 aromatic rings. The van der Waals surface area contributed by atoms with Gasteiger partial charge in [0.2, 0.25) is 5.95 Å². The molecular formula is C28H36FN5O4. The van der Waals surface area contributed by atoms with Crippen LogP contribution in [-0.4, -0.2) is 75.2 Å². The number of hydrogen-bond donors (Lipinski definition) is 2. The minimum Gasteiger partial charge on any atom is -0.389 e. The predicted octanol–water partition coefficient (Wildman–Crippen LogP) is 3.35. The third-order valence-corrected chi connectivity index (χ3v) is 7.50. The van der Waals surface area contributed by atoms with Gasteiger partial charge in [-0.1, -0.05) is 6.07 Å². The summed E-state index contributed by atoms with van der Waals surface area (Å²) in [6, 6.07) is 7.27. The van der Waals surface area contributed by atoms with Crippen molar-refractivity contribution in [1.29, 1.82) is 0 Å². The van der Waals surface area contributed by atoms with E-state index in [1.807, 2.05) is 6.07 Å². The molecule has 5 rings (SSSR count). The van der Waals surface area contributed by atoms with E-state index in [1.54, 1.807) is 18.2 Å². The van der Waals surface area contributed by atoms with Crippen LogP contribution in [0.1, 0.15) is 45.9 Å². The van der Waals surface area contributed by atoms with E-state index in [4.69, 9.17) is 9.47 Å². The number of rotatable bonds is 6. The predicted molar refractivity (Wildman–Crippen MR) is 144 cm³/mol. The number of hydrogen-bond acceptors (Lipinski definition) is 8. The second-order valence-corrected chi connectivity index (χ2v) is 10.7. The van der Waals surface area contributed by atoms with E-state index in [2.05, 4.69) is 52.4 Å². The van der Waals surface area contributed by atoms with Gasteiger partial charge in [-0.05, 0) is 46.2 Å². The number of aliphatic hydroxyl groups is 1. The Labute approximate surface area is 221 Å². The van der Waals surface area contributed by atoms with Crippen LogP contribution < -0.4 is 10.7 Å². The number of halogens is 1. The maximum absolute atomic E-state index is 15.0. The second kappa shape index (κ2) is 11.1. The van der Waals surface area contributed by atoms with E-state index >= 15 is 4.39 Å². The molecule has 0 spiro atoms. The first kappa shape index (κ1) is 26.7. The number of nitrogens with zero attached hydrogens (tertiary/aromatic N) is 4. The molecule has 38 heavy (non-hydrogen) atoms. The van der Waals surface area contributed by atoms with Gasteiger partial charge in [-0.15, -0.1) is 0 Å². The van der Waals surface area contributed by atoms with E-state index in [9.17, 15) is 9.90 Å². The monoisotopic (exact) mass is 525 g/mol. The number of fused-ring (bicyclic) bond motifs is 1. The minimum absolute atomic E-state index is 0.0639. The van der Waals surface area contributed by atoms with Crippen molar-refractivity contribution in [3.8, 4) is 11.3 Å². The Kier molecular flexibility index (Phi) is 7.76. The fourth-order valence-corrected chi connectivity index (χ4v) is 5.50. The summed E-state index contributed by atoms with van der Waals surface area (Å²) in [5.74, 6) is -0.328. The number of pyridine rings is 1. The summed E-state index contributed by atoms with van der Waals surface area (Å²) >= 11 is 0. The Bertz CT molecular complexity index is 1350. The van der Waals surface area contributed by atoms with Crippen LogP contribution in [0.5, 0.6) is 0 Å². The largest absolute Gasteiger partial charge is 0.389 e. The standard InChI is InChI=1S/C28H36FN5O4/c1-16(2)34-20(12-33-17(3)13-38-14-18(33)4)10-25(35)21-6-5-19(9-24(21)34)27-22(29)11-30-28(32-27)31-23-7-8-37-15-26(23)36/h5-6,9-11,16-18,23,26,36H,7-8,12-15H2,1-4H3,(H,30,31,32)/t17-,18-,23+,26+/m0/s1. The molecule has 2 fully saturated rings. The number of benzene rings is 1. The molecule has 2 aromatic heterocycles. The highest BCUT2D eigenvalue weighted by atomic mass is 19.1. The van der Waals surface area contributed by atoms with Gasteiger partial charge in [0.25, 0.3) is 0 Å². The summed E-state index contributed by atoms with van der Waals surface area (Å²) in [5.41, 5.74) is 2.27. The van der Waals surface area contributed by atoms with E-state index in [-0.39, 0.29) is 47.8 Å². The molecule has 2 N–H and O–H groups in total. The van der Waals surface area contributed by atoms with Crippen LogP contribution >= 0.6 is 0 Å². The van der Waals surface area contributed by atoms with Crippen molar-refractivity contribution in [2.24, 2.45) is 0 Å². The van der Waals surface area contributed by atoms with Crippen LogP contribution in [0.15, 0.2) is 35.3 Å². The van der Waals surface area contributed by atoms with E-state index < -0.39 is 11.9 Å². The molecule has 2 aliphatic rings. The average molecular weight is 526 g/mol. The minimum atomic E-state index is -0.697. The van der Waals surface area contributed by atoms with Crippen LogP contribution in [0.3, 0.4) is 0 Å². The topological polar surface area (TPSA) is 102 Å². The van der Waals surface area contributed by atoms with E-state index in [1.165, 1.54) is 0 Å². The van der Waals surface area contributed by atoms with Gasteiger partial charge in [-0.3, -0.25) is 9.69 Å². The van der Waals surface area contributed by atoms with Crippen LogP contribution in [0.4, 0.5) is 10.3 Å². The van der Waals surface area contributed by atoms with Crippen molar-refractivity contribution < 1.29 is 19.0 Å². The van der Waals surface area contributed by atoms with Gasteiger partial charge >= 0.3 is 0 Å². The molecular weight excluding hydrogens is 489 g/mol. The fourth-order valence-electron chi connectivity index (χ4n) is 5.50. The van der Waals surface area contributed by atoms with Gasteiger partial charge in [0.15, 0.2) is 11.2 Å². The van der Waals surface area contributed by atoms with Crippen molar-refractivity contribution in [2.75, 3.05) is 31.7 Å². The summed E-state index contributed by atoms with van der Waals surface area (Å²) in [5, 5.41) is 13.9. The highest BCUT2D eigenvalue weighted by Crippen LogP contribution is 2.28. The molecule has 2 saturated heterocycles. The van der Waals surface area contributed by atoms with Gasteiger partial charge in [0, 0.05) is 54.0 Å². The zero-order chi connectivity index (χ0) is 27.0. The quantitative estimate of drug-likeness (QED) is 0.505. The Hall–Kier alpha value is -2.92. The van der Waals surface area contributed by atoms with Crippen molar-refractivity contribution in [3.05, 3.63) is 52.2 Å². The molecule has 1 aromatic carbocycles. The SMILES string of the molecule is CC(C)n1c(CN2[C@@H](C)COC[C@@H]2C)cc(=O)c2ccc(-c3nc(N[C@@H]4CCOC[C@H]4O)ncc3F)cc21. The zero-order valence-corrected chi connectivity index (χ0v) is 22.4. The average Bonchev–Trinajstić information content (AvgIpc) is 2.88. The van der Waals surface area contributed by atoms with Gasteiger partial charge in [-0.2, -0.15) is 0 Å². The molecule has 10 heteroatoms. The fraction of sp³-hybridized carbons (Fsp3) is 0.536. The maximum atomic E-state index is 15.0. The summed E-state index contributed by atoms with van der Waals surface area (Å²) in [6.45, 7) is 11.1. The molecule has 4 heterocycles. The summed E-state index contributed by atoms with van der Waals surface area (Å²) in [7, 11) is 0. The highest BCUT2D eigenvalue weighted by Gasteiger charge is 2.27. The molecule has 4 atom stereocenters. The normalized spacial score (nSPS) is 24.7. The summed E-state index contributed by atoms with van der Waals surface area (Å²) < 4.78 is 28.1. The summed E-state index contributed by atoms with van der Waals surface area (Å²) in [4.78, 5) is 24.1. The highest BCUT2D eigenvalue weighted by molar-refractivity contribution is 5.84. The van der Waals surface area contributed by atoms with Crippen molar-refractivity contribution in [2.45, 2.75) is 70.9 Å². The Morgan fingerprint density at radius 3 is 2.63 bits per heavy atom. The molecule has 0 amide bonds. The van der Waals surface area contributed by atoms with Crippen molar-refractivity contribution >= 4 is 16.9 Å². The smallest absolute Gasteiger partial charge is 0.223 e. The molecule has 204 valence electrons. The lowest BCUT2D eigenvalue weighted by Gasteiger charge is -2.39. The first-order valence-corrected chi connectivity index (χ1v) is 13.3. The number of anilines is 1. The van der Waals surface area contributed by atoms with Gasteiger partial charge in [-0.25, -0.2) is 14.4 Å². The van der Waals surface area contributed by atoms with Gasteiger partial charge in [0.1, 0.15) is 5.69 Å². The summed E-state index contributed by atoms with van der Waals surface area (Å²) in [6.07, 6.45) is 1.03. The first-order valence-electron chi connectivity index (χ1n) is 13.3. The Morgan fingerprint density at radius 2 is 1.92 bits per heavy atom. The molecule has 2 aliphatic heterocycles. The van der Waals surface area contributed by atoms with E-state index in [0.29, 0.717) is 43.7 Å². The van der Waals surface area contributed by atoms with Gasteiger partial charge in [0.05, 0.1) is 43.7 Å². The van der Waals surface area contributed by atoms with Crippen molar-refractivity contribution in [1.82, 2.24) is 19.4 Å².